The Bertz CT molecular complexity index is 944. The molecule has 2 atom stereocenters. The van der Waals surface area contributed by atoms with Gasteiger partial charge in [-0.05, 0) is 62.0 Å². The van der Waals surface area contributed by atoms with Crippen LogP contribution >= 0.6 is 12.2 Å². The van der Waals surface area contributed by atoms with Gasteiger partial charge in [-0.25, -0.2) is 0 Å². The lowest BCUT2D eigenvalue weighted by Crippen LogP contribution is -2.49. The number of amides is 1. The molecule has 1 N–H and O–H groups in total. The van der Waals surface area contributed by atoms with Crippen LogP contribution in [0.1, 0.15) is 48.9 Å². The number of nitrogens with zero attached hydrogens (tertiary/aromatic N) is 2. The van der Waals surface area contributed by atoms with Crippen molar-refractivity contribution in [1.29, 1.82) is 0 Å². The largest absolute Gasteiger partial charge is 0.335 e. The highest BCUT2D eigenvalue weighted by Gasteiger charge is 2.36. The summed E-state index contributed by atoms with van der Waals surface area (Å²) in [6.07, 6.45) is 7.20. The summed E-state index contributed by atoms with van der Waals surface area (Å²) in [7, 11) is 1.65. The molecule has 0 unspecified atom stereocenters. The molecule has 1 aromatic heterocycles. The third-order valence-electron chi connectivity index (χ3n) is 5.85. The zero-order valence-corrected chi connectivity index (χ0v) is 15.3. The Balaban J connectivity index is 1.71. The van der Waals surface area contributed by atoms with Crippen LogP contribution < -0.4 is 5.56 Å². The summed E-state index contributed by atoms with van der Waals surface area (Å²) in [4.78, 5) is 30.6. The standard InChI is InChI=1S/C19H23N3O2S/c1-21-18(24)14-9-8-13(11-15(14)20-19(21)25)17(23)22-10-4-6-12-5-2-3-7-16(12)22/h8-9,11-12,16H,2-7,10H2,1H3,(H,20,25)/t12-,16+/m0/s1. The lowest BCUT2D eigenvalue weighted by molar-refractivity contribution is 0.0391. The predicted octanol–water partition coefficient (Wildman–Crippen LogP) is 3.39. The van der Waals surface area contributed by atoms with E-state index in [-0.39, 0.29) is 11.5 Å². The van der Waals surface area contributed by atoms with Crippen molar-refractivity contribution in [3.8, 4) is 0 Å². The lowest BCUT2D eigenvalue weighted by Gasteiger charge is -2.44. The minimum absolute atomic E-state index is 0.0819. The van der Waals surface area contributed by atoms with Gasteiger partial charge in [-0.2, -0.15) is 0 Å². The monoisotopic (exact) mass is 357 g/mol. The number of H-pyrrole nitrogens is 1. The van der Waals surface area contributed by atoms with Crippen LogP contribution in [0.4, 0.5) is 0 Å². The summed E-state index contributed by atoms with van der Waals surface area (Å²) in [5, 5.41) is 0.557. The number of carbonyl (C=O) groups excluding carboxylic acids is 1. The minimum atomic E-state index is -0.136. The average Bonchev–Trinajstić information content (AvgIpc) is 2.65. The molecule has 1 saturated carbocycles. The molecule has 2 aliphatic rings. The molecule has 2 fully saturated rings. The van der Waals surface area contributed by atoms with Gasteiger partial charge in [0.1, 0.15) is 0 Å². The minimum Gasteiger partial charge on any atom is -0.335 e. The third-order valence-corrected chi connectivity index (χ3v) is 6.23. The summed E-state index contributed by atoms with van der Waals surface area (Å²) in [6.45, 7) is 0.838. The van der Waals surface area contributed by atoms with E-state index in [4.69, 9.17) is 12.2 Å². The number of rotatable bonds is 1. The Morgan fingerprint density at radius 1 is 1.20 bits per heavy atom. The van der Waals surface area contributed by atoms with Gasteiger partial charge in [-0.15, -0.1) is 0 Å². The second-order valence-corrected chi connectivity index (χ2v) is 7.69. The molecule has 2 aromatic rings. The number of benzene rings is 1. The smallest absolute Gasteiger partial charge is 0.261 e. The van der Waals surface area contributed by atoms with Gasteiger partial charge in [0.05, 0.1) is 10.9 Å². The van der Waals surface area contributed by atoms with Crippen molar-refractivity contribution < 1.29 is 4.79 Å². The van der Waals surface area contributed by atoms with E-state index in [9.17, 15) is 9.59 Å². The summed E-state index contributed by atoms with van der Waals surface area (Å²) in [5.74, 6) is 0.739. The van der Waals surface area contributed by atoms with Gasteiger partial charge in [0.15, 0.2) is 4.77 Å². The van der Waals surface area contributed by atoms with Crippen molar-refractivity contribution in [3.05, 3.63) is 38.9 Å². The highest BCUT2D eigenvalue weighted by molar-refractivity contribution is 7.71. The highest BCUT2D eigenvalue weighted by atomic mass is 32.1. The summed E-state index contributed by atoms with van der Waals surface area (Å²) >= 11 is 5.19. The van der Waals surface area contributed by atoms with Gasteiger partial charge in [0, 0.05) is 25.2 Å². The summed E-state index contributed by atoms with van der Waals surface area (Å²) < 4.78 is 1.78. The number of carbonyl (C=O) groups is 1. The van der Waals surface area contributed by atoms with Crippen LogP contribution in [0.15, 0.2) is 23.0 Å². The number of hydrogen-bond donors (Lipinski definition) is 1. The molecule has 5 nitrogen and oxygen atoms in total. The van der Waals surface area contributed by atoms with Crippen molar-refractivity contribution in [2.24, 2.45) is 13.0 Å². The van der Waals surface area contributed by atoms with Crippen molar-refractivity contribution in [1.82, 2.24) is 14.5 Å². The van der Waals surface area contributed by atoms with Gasteiger partial charge < -0.3 is 9.88 Å². The number of nitrogens with one attached hydrogen (secondary N) is 1. The SMILES string of the molecule is Cn1c(=S)[nH]c2cc(C(=O)N3CCC[C@@H]4CCCC[C@H]43)ccc2c1=O. The predicted molar refractivity (Wildman–Crippen MR) is 100 cm³/mol. The molecule has 0 radical (unpaired) electrons. The number of likely N-dealkylation sites (tertiary alicyclic amines) is 1. The van der Waals surface area contributed by atoms with Crippen LogP contribution in [0.5, 0.6) is 0 Å². The fraction of sp³-hybridized carbons (Fsp3) is 0.526. The van der Waals surface area contributed by atoms with Crippen LogP contribution in [0, 0.1) is 10.7 Å². The molecular formula is C19H23N3O2S. The maximum absolute atomic E-state index is 13.1. The third kappa shape index (κ3) is 2.82. The van der Waals surface area contributed by atoms with Gasteiger partial charge in [0.2, 0.25) is 0 Å². The van der Waals surface area contributed by atoms with E-state index >= 15 is 0 Å². The van der Waals surface area contributed by atoms with Crippen LogP contribution in [-0.2, 0) is 7.05 Å². The molecule has 1 aliphatic heterocycles. The van der Waals surface area contributed by atoms with Gasteiger partial charge in [0.25, 0.3) is 11.5 Å². The first kappa shape index (κ1) is 16.5. The highest BCUT2D eigenvalue weighted by Crippen LogP contribution is 2.36. The van der Waals surface area contributed by atoms with Crippen LogP contribution in [-0.4, -0.2) is 32.9 Å². The van der Waals surface area contributed by atoms with Crippen molar-refractivity contribution in [3.63, 3.8) is 0 Å². The van der Waals surface area contributed by atoms with Crippen LogP contribution in [0.25, 0.3) is 10.9 Å². The Hall–Kier alpha value is -1.95. The number of aromatic nitrogens is 2. The Kier molecular flexibility index (Phi) is 4.23. The first-order chi connectivity index (χ1) is 12.1. The molecule has 25 heavy (non-hydrogen) atoms. The van der Waals surface area contributed by atoms with E-state index in [0.29, 0.717) is 33.2 Å². The Morgan fingerprint density at radius 2 is 1.96 bits per heavy atom. The molecule has 132 valence electrons. The quantitative estimate of drug-likeness (QED) is 0.796. The van der Waals surface area contributed by atoms with E-state index in [1.807, 2.05) is 0 Å². The molecule has 6 heteroatoms. The van der Waals surface area contributed by atoms with Gasteiger partial charge in [-0.1, -0.05) is 12.8 Å². The maximum atomic E-state index is 13.1. The zero-order chi connectivity index (χ0) is 17.6. The molecule has 2 heterocycles. The lowest BCUT2D eigenvalue weighted by atomic mass is 9.78. The molecule has 1 saturated heterocycles. The molecule has 0 spiro atoms. The number of fused-ring (bicyclic) bond motifs is 2. The molecule has 0 bridgehead atoms. The molecular weight excluding hydrogens is 334 g/mol. The maximum Gasteiger partial charge on any atom is 0.261 e. The Morgan fingerprint density at radius 3 is 2.80 bits per heavy atom. The Labute approximate surface area is 151 Å². The average molecular weight is 357 g/mol. The second kappa shape index (κ2) is 6.41. The van der Waals surface area contributed by atoms with E-state index in [0.717, 1.165) is 19.4 Å². The first-order valence-corrected chi connectivity index (χ1v) is 9.51. The van der Waals surface area contributed by atoms with Crippen molar-refractivity contribution in [2.45, 2.75) is 44.6 Å². The normalized spacial score (nSPS) is 23.5. The summed E-state index contributed by atoms with van der Waals surface area (Å²) in [6, 6.07) is 5.67. The van der Waals surface area contributed by atoms with E-state index in [1.165, 1.54) is 30.3 Å². The second-order valence-electron chi connectivity index (χ2n) is 7.31. The molecule has 4 rings (SSSR count). The topological polar surface area (TPSA) is 58.1 Å². The van der Waals surface area contributed by atoms with Crippen LogP contribution in [0.3, 0.4) is 0 Å². The number of aromatic amines is 1. The van der Waals surface area contributed by atoms with Crippen molar-refractivity contribution >= 4 is 29.0 Å². The van der Waals surface area contributed by atoms with E-state index in [2.05, 4.69) is 9.88 Å². The first-order valence-electron chi connectivity index (χ1n) is 9.10. The molecule has 1 aliphatic carbocycles. The van der Waals surface area contributed by atoms with Gasteiger partial charge >= 0.3 is 0 Å². The van der Waals surface area contributed by atoms with Gasteiger partial charge in [-0.3, -0.25) is 14.2 Å². The summed E-state index contributed by atoms with van der Waals surface area (Å²) in [5.41, 5.74) is 1.14. The number of piperidine rings is 1. The fourth-order valence-electron chi connectivity index (χ4n) is 4.48. The zero-order valence-electron chi connectivity index (χ0n) is 14.5. The fourth-order valence-corrected chi connectivity index (χ4v) is 4.67. The molecule has 1 amide bonds. The van der Waals surface area contributed by atoms with E-state index < -0.39 is 0 Å². The number of hydrogen-bond acceptors (Lipinski definition) is 3. The molecule has 1 aromatic carbocycles. The van der Waals surface area contributed by atoms with Crippen LogP contribution in [0.2, 0.25) is 0 Å². The van der Waals surface area contributed by atoms with E-state index in [1.54, 1.807) is 25.2 Å². The van der Waals surface area contributed by atoms with Crippen molar-refractivity contribution in [2.75, 3.05) is 6.54 Å².